The summed E-state index contributed by atoms with van der Waals surface area (Å²) in [5.74, 6) is 0.958. The van der Waals surface area contributed by atoms with Gasteiger partial charge in [0.15, 0.2) is 0 Å². The molecule has 2 N–H and O–H groups in total. The Morgan fingerprint density at radius 2 is 2.12 bits per heavy atom. The monoisotopic (exact) mass is 230 g/mol. The number of rotatable bonds is 5. The third-order valence-electron chi connectivity index (χ3n) is 2.69. The molecule has 0 aliphatic heterocycles. The molecule has 0 saturated heterocycles. The van der Waals surface area contributed by atoms with Crippen LogP contribution in [0.15, 0.2) is 47.1 Å². The smallest absolute Gasteiger partial charge is 0.123 e. The van der Waals surface area contributed by atoms with Gasteiger partial charge in [0.05, 0.1) is 12.8 Å². The summed E-state index contributed by atoms with van der Waals surface area (Å²) in [4.78, 5) is 2.23. The van der Waals surface area contributed by atoms with Gasteiger partial charge in [-0.3, -0.25) is 0 Å². The van der Waals surface area contributed by atoms with E-state index in [0.29, 0.717) is 6.54 Å². The Hall–Kier alpha value is -1.74. The molecule has 2 rings (SSSR count). The highest BCUT2D eigenvalue weighted by atomic mass is 16.3. The molecule has 0 fully saturated rings. The fourth-order valence-corrected chi connectivity index (χ4v) is 1.87. The zero-order valence-corrected chi connectivity index (χ0v) is 10.1. The van der Waals surface area contributed by atoms with Crippen LogP contribution >= 0.6 is 0 Å². The minimum atomic E-state index is 0.634. The lowest BCUT2D eigenvalue weighted by molar-refractivity contribution is 0.502. The first-order chi connectivity index (χ1) is 8.29. The summed E-state index contributed by atoms with van der Waals surface area (Å²) >= 11 is 0. The van der Waals surface area contributed by atoms with Crippen LogP contribution in [0, 0.1) is 6.92 Å². The van der Waals surface area contributed by atoms with Crippen molar-refractivity contribution in [2.45, 2.75) is 13.5 Å². The quantitative estimate of drug-likeness (QED) is 0.858. The molecule has 3 nitrogen and oxygen atoms in total. The Morgan fingerprint density at radius 3 is 2.76 bits per heavy atom. The van der Waals surface area contributed by atoms with E-state index in [0.717, 1.165) is 18.8 Å². The lowest BCUT2D eigenvalue weighted by Crippen LogP contribution is -2.28. The molecular weight excluding hydrogens is 212 g/mol. The van der Waals surface area contributed by atoms with E-state index in [1.54, 1.807) is 6.26 Å². The number of anilines is 1. The Kier molecular flexibility index (Phi) is 3.83. The summed E-state index contributed by atoms with van der Waals surface area (Å²) in [6.45, 7) is 4.31. The van der Waals surface area contributed by atoms with E-state index in [4.69, 9.17) is 10.2 Å². The van der Waals surface area contributed by atoms with E-state index >= 15 is 0 Å². The zero-order valence-electron chi connectivity index (χ0n) is 10.1. The highest BCUT2D eigenvalue weighted by Gasteiger charge is 2.08. The van der Waals surface area contributed by atoms with Gasteiger partial charge in [-0.15, -0.1) is 0 Å². The average Bonchev–Trinajstić information content (AvgIpc) is 2.81. The van der Waals surface area contributed by atoms with E-state index in [2.05, 4.69) is 36.1 Å². The summed E-state index contributed by atoms with van der Waals surface area (Å²) in [5.41, 5.74) is 8.10. The minimum absolute atomic E-state index is 0.634. The van der Waals surface area contributed by atoms with Crippen molar-refractivity contribution < 1.29 is 4.42 Å². The highest BCUT2D eigenvalue weighted by molar-refractivity contribution is 5.48. The number of furan rings is 1. The molecule has 17 heavy (non-hydrogen) atoms. The van der Waals surface area contributed by atoms with Crippen LogP contribution in [0.25, 0.3) is 0 Å². The topological polar surface area (TPSA) is 42.4 Å². The van der Waals surface area contributed by atoms with Gasteiger partial charge in [0.2, 0.25) is 0 Å². The molecule has 3 heteroatoms. The summed E-state index contributed by atoms with van der Waals surface area (Å²) in [6, 6.07) is 12.3. The Bertz CT molecular complexity index is 451. The van der Waals surface area contributed by atoms with Crippen molar-refractivity contribution in [2.75, 3.05) is 18.0 Å². The van der Waals surface area contributed by atoms with E-state index in [1.165, 1.54) is 11.3 Å². The second kappa shape index (κ2) is 5.55. The average molecular weight is 230 g/mol. The van der Waals surface area contributed by atoms with Crippen molar-refractivity contribution >= 4 is 5.69 Å². The maximum atomic E-state index is 5.66. The third kappa shape index (κ3) is 3.11. The standard InChI is InChI=1S/C14H18N2O/c1-12-4-2-5-13(10-12)16(8-7-15)11-14-6-3-9-17-14/h2-6,9-10H,7-8,11,15H2,1H3. The van der Waals surface area contributed by atoms with Crippen molar-refractivity contribution in [1.82, 2.24) is 0 Å². The molecule has 2 aromatic rings. The first-order valence-corrected chi connectivity index (χ1v) is 5.83. The molecule has 0 unspecified atom stereocenters. The molecule has 0 bridgehead atoms. The van der Waals surface area contributed by atoms with Crippen LogP contribution in [-0.4, -0.2) is 13.1 Å². The number of nitrogens with two attached hydrogens (primary N) is 1. The van der Waals surface area contributed by atoms with Crippen LogP contribution in [-0.2, 0) is 6.54 Å². The van der Waals surface area contributed by atoms with Crippen LogP contribution in [0.3, 0.4) is 0 Å². The molecule has 1 aromatic carbocycles. The third-order valence-corrected chi connectivity index (χ3v) is 2.69. The van der Waals surface area contributed by atoms with Gasteiger partial charge in [-0.2, -0.15) is 0 Å². The Labute approximate surface area is 102 Å². The van der Waals surface area contributed by atoms with Crippen LogP contribution < -0.4 is 10.6 Å². The lowest BCUT2D eigenvalue weighted by atomic mass is 10.2. The summed E-state index contributed by atoms with van der Waals surface area (Å²) in [7, 11) is 0. The predicted molar refractivity (Wildman–Crippen MR) is 70.0 cm³/mol. The first kappa shape index (κ1) is 11.7. The fraction of sp³-hybridized carbons (Fsp3) is 0.286. The fourth-order valence-electron chi connectivity index (χ4n) is 1.87. The van der Waals surface area contributed by atoms with Gasteiger partial charge >= 0.3 is 0 Å². The van der Waals surface area contributed by atoms with Crippen LogP contribution in [0.4, 0.5) is 5.69 Å². The van der Waals surface area contributed by atoms with Crippen molar-refractivity contribution in [1.29, 1.82) is 0 Å². The molecule has 1 heterocycles. The molecule has 0 atom stereocenters. The molecule has 0 amide bonds. The predicted octanol–water partition coefficient (Wildman–Crippen LogP) is 2.55. The van der Waals surface area contributed by atoms with Crippen molar-refractivity contribution in [3.8, 4) is 0 Å². The molecular formula is C14H18N2O. The summed E-state index contributed by atoms with van der Waals surface area (Å²) in [6.07, 6.45) is 1.70. The zero-order chi connectivity index (χ0) is 12.1. The number of hydrogen-bond donors (Lipinski definition) is 1. The number of nitrogens with zero attached hydrogens (tertiary/aromatic N) is 1. The van der Waals surface area contributed by atoms with Gasteiger partial charge in [0.25, 0.3) is 0 Å². The van der Waals surface area contributed by atoms with Gasteiger partial charge < -0.3 is 15.1 Å². The van der Waals surface area contributed by atoms with E-state index in [1.807, 2.05) is 12.1 Å². The van der Waals surface area contributed by atoms with Crippen molar-refractivity contribution in [3.05, 3.63) is 54.0 Å². The van der Waals surface area contributed by atoms with Crippen molar-refractivity contribution in [2.24, 2.45) is 5.73 Å². The normalized spacial score (nSPS) is 10.5. The SMILES string of the molecule is Cc1cccc(N(CCN)Cc2ccco2)c1. The molecule has 0 aliphatic rings. The van der Waals surface area contributed by atoms with E-state index < -0.39 is 0 Å². The van der Waals surface area contributed by atoms with Crippen LogP contribution in [0.2, 0.25) is 0 Å². The number of benzene rings is 1. The number of aryl methyl sites for hydroxylation is 1. The Morgan fingerprint density at radius 1 is 1.24 bits per heavy atom. The van der Waals surface area contributed by atoms with Gasteiger partial charge in [-0.25, -0.2) is 0 Å². The van der Waals surface area contributed by atoms with Gasteiger partial charge in [0.1, 0.15) is 5.76 Å². The van der Waals surface area contributed by atoms with E-state index in [-0.39, 0.29) is 0 Å². The minimum Gasteiger partial charge on any atom is -0.467 e. The summed E-state index contributed by atoms with van der Waals surface area (Å²) < 4.78 is 5.38. The Balaban J connectivity index is 2.16. The second-order valence-corrected chi connectivity index (χ2v) is 4.13. The molecule has 0 aliphatic carbocycles. The highest BCUT2D eigenvalue weighted by Crippen LogP contribution is 2.18. The number of hydrogen-bond acceptors (Lipinski definition) is 3. The van der Waals surface area contributed by atoms with Gasteiger partial charge in [0, 0.05) is 18.8 Å². The molecule has 90 valence electrons. The molecule has 0 spiro atoms. The summed E-state index contributed by atoms with van der Waals surface area (Å²) in [5, 5.41) is 0. The van der Waals surface area contributed by atoms with Gasteiger partial charge in [-0.1, -0.05) is 12.1 Å². The van der Waals surface area contributed by atoms with E-state index in [9.17, 15) is 0 Å². The lowest BCUT2D eigenvalue weighted by Gasteiger charge is -2.23. The molecule has 1 aromatic heterocycles. The largest absolute Gasteiger partial charge is 0.467 e. The first-order valence-electron chi connectivity index (χ1n) is 5.83. The molecule has 0 saturated carbocycles. The van der Waals surface area contributed by atoms with Gasteiger partial charge in [-0.05, 0) is 36.8 Å². The maximum Gasteiger partial charge on any atom is 0.123 e. The van der Waals surface area contributed by atoms with Crippen LogP contribution in [0.5, 0.6) is 0 Å². The van der Waals surface area contributed by atoms with Crippen molar-refractivity contribution in [3.63, 3.8) is 0 Å². The van der Waals surface area contributed by atoms with Crippen LogP contribution in [0.1, 0.15) is 11.3 Å². The second-order valence-electron chi connectivity index (χ2n) is 4.13. The maximum absolute atomic E-state index is 5.66. The molecule has 0 radical (unpaired) electrons.